The Bertz CT molecular complexity index is 845. The summed E-state index contributed by atoms with van der Waals surface area (Å²) in [6, 6.07) is 9.88. The standard InChI is InChI=1S/C18H16N2O3/c1-11(21)15-9-12(6-8-16(15)19)3-4-13-5-7-14(17(20)10-13)18(22)23-2/h5-10H,19-20H2,1-2H3. The van der Waals surface area contributed by atoms with Crippen molar-refractivity contribution in [3.8, 4) is 11.8 Å². The Morgan fingerprint density at radius 2 is 1.52 bits per heavy atom. The first-order valence-electron chi connectivity index (χ1n) is 6.82. The fraction of sp³-hybridized carbons (Fsp3) is 0.111. The van der Waals surface area contributed by atoms with Crippen molar-refractivity contribution < 1.29 is 14.3 Å². The van der Waals surface area contributed by atoms with Crippen molar-refractivity contribution in [3.05, 3.63) is 58.7 Å². The second kappa shape index (κ2) is 6.67. The Morgan fingerprint density at radius 3 is 2.09 bits per heavy atom. The molecule has 0 spiro atoms. The number of hydrogen-bond acceptors (Lipinski definition) is 5. The fourth-order valence-corrected chi connectivity index (χ4v) is 2.02. The molecule has 5 heteroatoms. The van der Waals surface area contributed by atoms with Crippen molar-refractivity contribution >= 4 is 23.1 Å². The van der Waals surface area contributed by atoms with Crippen LogP contribution in [0.2, 0.25) is 0 Å². The Morgan fingerprint density at radius 1 is 0.913 bits per heavy atom. The molecule has 2 aromatic rings. The van der Waals surface area contributed by atoms with Gasteiger partial charge in [-0.05, 0) is 43.3 Å². The van der Waals surface area contributed by atoms with Gasteiger partial charge in [0.05, 0.1) is 12.7 Å². The van der Waals surface area contributed by atoms with E-state index < -0.39 is 5.97 Å². The number of carbonyl (C=O) groups is 2. The molecule has 0 saturated carbocycles. The lowest BCUT2D eigenvalue weighted by molar-refractivity contribution is 0.0602. The third-order valence-corrected chi connectivity index (χ3v) is 3.24. The average Bonchev–Trinajstić information content (AvgIpc) is 2.53. The molecular weight excluding hydrogens is 292 g/mol. The highest BCUT2D eigenvalue weighted by Crippen LogP contribution is 2.16. The van der Waals surface area contributed by atoms with Gasteiger partial charge in [0.1, 0.15) is 0 Å². The molecule has 0 atom stereocenters. The van der Waals surface area contributed by atoms with Crippen LogP contribution in [0.3, 0.4) is 0 Å². The number of esters is 1. The minimum Gasteiger partial charge on any atom is -0.465 e. The number of ether oxygens (including phenoxy) is 1. The Hall–Kier alpha value is -3.26. The second-order valence-corrected chi connectivity index (χ2v) is 4.90. The Labute approximate surface area is 134 Å². The van der Waals surface area contributed by atoms with E-state index in [1.165, 1.54) is 14.0 Å². The van der Waals surface area contributed by atoms with Crippen LogP contribution in [0.1, 0.15) is 38.8 Å². The lowest BCUT2D eigenvalue weighted by atomic mass is 10.1. The number of Topliss-reactive ketones (excluding diaryl/α,β-unsaturated/α-hetero) is 1. The number of carbonyl (C=O) groups excluding carboxylic acids is 2. The first-order chi connectivity index (χ1) is 10.9. The van der Waals surface area contributed by atoms with E-state index in [-0.39, 0.29) is 5.78 Å². The predicted octanol–water partition coefficient (Wildman–Crippen LogP) is 2.24. The number of benzene rings is 2. The Balaban J connectivity index is 2.32. The summed E-state index contributed by atoms with van der Waals surface area (Å²) in [5.41, 5.74) is 14.3. The minimum atomic E-state index is -0.494. The van der Waals surface area contributed by atoms with Crippen molar-refractivity contribution in [3.63, 3.8) is 0 Å². The Kier molecular flexibility index (Phi) is 4.67. The molecule has 0 amide bonds. The lowest BCUT2D eigenvalue weighted by Gasteiger charge is -2.03. The summed E-state index contributed by atoms with van der Waals surface area (Å²) in [5.74, 6) is 5.27. The molecule has 0 bridgehead atoms. The van der Waals surface area contributed by atoms with E-state index in [0.29, 0.717) is 33.6 Å². The number of nitrogens with two attached hydrogens (primary N) is 2. The molecular formula is C18H16N2O3. The van der Waals surface area contributed by atoms with Crippen LogP contribution < -0.4 is 11.5 Å². The van der Waals surface area contributed by atoms with Crippen molar-refractivity contribution in [2.75, 3.05) is 18.6 Å². The number of rotatable bonds is 2. The van der Waals surface area contributed by atoms with E-state index in [9.17, 15) is 9.59 Å². The summed E-state index contributed by atoms with van der Waals surface area (Å²) in [6.45, 7) is 1.45. The number of nitrogen functional groups attached to an aromatic ring is 2. The molecule has 0 aliphatic heterocycles. The first kappa shape index (κ1) is 16.1. The predicted molar refractivity (Wildman–Crippen MR) is 89.0 cm³/mol. The molecule has 0 saturated heterocycles. The summed E-state index contributed by atoms with van der Waals surface area (Å²) in [7, 11) is 1.29. The second-order valence-electron chi connectivity index (χ2n) is 4.90. The molecule has 4 N–H and O–H groups in total. The van der Waals surface area contributed by atoms with E-state index in [1.807, 2.05) is 0 Å². The monoisotopic (exact) mass is 308 g/mol. The molecule has 0 aromatic heterocycles. The zero-order chi connectivity index (χ0) is 17.0. The van der Waals surface area contributed by atoms with E-state index in [2.05, 4.69) is 16.6 Å². The molecule has 0 heterocycles. The number of methoxy groups -OCH3 is 1. The summed E-state index contributed by atoms with van der Waals surface area (Å²) < 4.78 is 4.63. The van der Waals surface area contributed by atoms with Gasteiger partial charge in [-0.25, -0.2) is 4.79 Å². The smallest absolute Gasteiger partial charge is 0.339 e. The molecule has 5 nitrogen and oxygen atoms in total. The van der Waals surface area contributed by atoms with Crippen LogP contribution in [0.4, 0.5) is 11.4 Å². The third-order valence-electron chi connectivity index (χ3n) is 3.24. The summed E-state index contributed by atoms with van der Waals surface area (Å²) in [5, 5.41) is 0. The summed E-state index contributed by atoms with van der Waals surface area (Å²) >= 11 is 0. The highest BCUT2D eigenvalue weighted by Gasteiger charge is 2.09. The average molecular weight is 308 g/mol. The maximum atomic E-state index is 11.5. The zero-order valence-electron chi connectivity index (χ0n) is 12.8. The van der Waals surface area contributed by atoms with Crippen LogP contribution >= 0.6 is 0 Å². The largest absolute Gasteiger partial charge is 0.465 e. The summed E-state index contributed by atoms with van der Waals surface area (Å²) in [4.78, 5) is 23.0. The molecule has 23 heavy (non-hydrogen) atoms. The van der Waals surface area contributed by atoms with Gasteiger partial charge in [-0.1, -0.05) is 11.8 Å². The molecule has 2 rings (SSSR count). The number of hydrogen-bond donors (Lipinski definition) is 2. The van der Waals surface area contributed by atoms with Crippen LogP contribution in [0.25, 0.3) is 0 Å². The van der Waals surface area contributed by atoms with E-state index >= 15 is 0 Å². The van der Waals surface area contributed by atoms with Gasteiger partial charge in [0.25, 0.3) is 0 Å². The minimum absolute atomic E-state index is 0.113. The molecule has 0 fully saturated rings. The third kappa shape index (κ3) is 3.69. The SMILES string of the molecule is COC(=O)c1ccc(C#Cc2ccc(N)c(C(C)=O)c2)cc1N. The van der Waals surface area contributed by atoms with Crippen molar-refractivity contribution in [1.82, 2.24) is 0 Å². The molecule has 0 radical (unpaired) electrons. The maximum Gasteiger partial charge on any atom is 0.339 e. The highest BCUT2D eigenvalue weighted by atomic mass is 16.5. The van der Waals surface area contributed by atoms with Gasteiger partial charge in [0, 0.05) is 28.1 Å². The zero-order valence-corrected chi connectivity index (χ0v) is 12.8. The van der Waals surface area contributed by atoms with E-state index in [4.69, 9.17) is 11.5 Å². The maximum absolute atomic E-state index is 11.5. The van der Waals surface area contributed by atoms with E-state index in [0.717, 1.165) is 0 Å². The van der Waals surface area contributed by atoms with Crippen molar-refractivity contribution in [2.24, 2.45) is 0 Å². The molecule has 116 valence electrons. The molecule has 0 aliphatic rings. The van der Waals surface area contributed by atoms with Crippen LogP contribution in [-0.2, 0) is 4.74 Å². The number of ketones is 1. The molecule has 0 unspecified atom stereocenters. The molecule has 0 aliphatic carbocycles. The molecule has 2 aromatic carbocycles. The number of anilines is 2. The normalized spacial score (nSPS) is 9.65. The van der Waals surface area contributed by atoms with Gasteiger partial charge in [-0.2, -0.15) is 0 Å². The summed E-state index contributed by atoms with van der Waals surface area (Å²) in [6.07, 6.45) is 0. The quantitative estimate of drug-likeness (QED) is 0.384. The van der Waals surface area contributed by atoms with Crippen LogP contribution in [0.5, 0.6) is 0 Å². The lowest BCUT2D eigenvalue weighted by Crippen LogP contribution is -2.05. The fourth-order valence-electron chi connectivity index (χ4n) is 2.02. The van der Waals surface area contributed by atoms with Gasteiger partial charge in [0.2, 0.25) is 0 Å². The first-order valence-corrected chi connectivity index (χ1v) is 6.82. The topological polar surface area (TPSA) is 95.4 Å². The van der Waals surface area contributed by atoms with Gasteiger partial charge >= 0.3 is 5.97 Å². The van der Waals surface area contributed by atoms with E-state index in [1.54, 1.807) is 36.4 Å². The van der Waals surface area contributed by atoms with Gasteiger partial charge in [0.15, 0.2) is 5.78 Å². The van der Waals surface area contributed by atoms with Crippen molar-refractivity contribution in [2.45, 2.75) is 6.92 Å². The van der Waals surface area contributed by atoms with Gasteiger partial charge in [-0.3, -0.25) is 4.79 Å². The van der Waals surface area contributed by atoms with Crippen molar-refractivity contribution in [1.29, 1.82) is 0 Å². The van der Waals surface area contributed by atoms with Gasteiger partial charge < -0.3 is 16.2 Å². The highest BCUT2D eigenvalue weighted by molar-refractivity contribution is 5.99. The van der Waals surface area contributed by atoms with Gasteiger partial charge in [-0.15, -0.1) is 0 Å². The van der Waals surface area contributed by atoms with Crippen LogP contribution in [-0.4, -0.2) is 18.9 Å². The van der Waals surface area contributed by atoms with Crippen LogP contribution in [0, 0.1) is 11.8 Å². The van der Waals surface area contributed by atoms with Crippen LogP contribution in [0.15, 0.2) is 36.4 Å².